The Hall–Kier alpha value is -1.20. The van der Waals surface area contributed by atoms with Crippen molar-refractivity contribution in [1.82, 2.24) is 5.32 Å². The van der Waals surface area contributed by atoms with Crippen LogP contribution in [0.5, 0.6) is 0 Å². The summed E-state index contributed by atoms with van der Waals surface area (Å²) >= 11 is 0. The largest absolute Gasteiger partial charge is 0.397 e. The maximum absolute atomic E-state index is 13.1. The summed E-state index contributed by atoms with van der Waals surface area (Å²) in [5, 5.41) is 55.2. The molecule has 0 aliphatic carbocycles. The molecule has 0 spiro atoms. The van der Waals surface area contributed by atoms with Crippen molar-refractivity contribution in [2.75, 3.05) is 13.2 Å². The summed E-state index contributed by atoms with van der Waals surface area (Å²) in [4.78, 5) is 13.1. The Labute approximate surface area is 377 Å². The minimum atomic E-state index is -5.11. The zero-order chi connectivity index (χ0) is 45.7. The first-order chi connectivity index (χ1) is 29.9. The lowest BCUT2D eigenvalue weighted by Crippen LogP contribution is -2.61. The molecule has 0 radical (unpaired) electrons. The Morgan fingerprint density at radius 2 is 1.05 bits per heavy atom. The fraction of sp³-hybridized carbons (Fsp3) is 0.938. The molecule has 0 saturated carbocycles. The number of aliphatic hydroxyl groups excluding tert-OH is 5. The molecule has 62 heavy (non-hydrogen) atoms. The highest BCUT2D eigenvalue weighted by atomic mass is 32.3. The summed E-state index contributed by atoms with van der Waals surface area (Å²) < 4.78 is 47.5. The number of amides is 1. The highest BCUT2D eigenvalue weighted by Gasteiger charge is 2.48. The average Bonchev–Trinajstić information content (AvgIpc) is 3.24. The Kier molecular flexibility index (Phi) is 37.0. The molecule has 14 heteroatoms. The quantitative estimate of drug-likeness (QED) is 0.0173. The second kappa shape index (κ2) is 39.0. The fourth-order valence-electron chi connectivity index (χ4n) is 8.17. The monoisotopic (exact) mass is 908 g/mol. The van der Waals surface area contributed by atoms with Crippen LogP contribution < -0.4 is 5.32 Å². The summed E-state index contributed by atoms with van der Waals surface area (Å²) in [6.45, 7) is 3.23. The van der Waals surface area contributed by atoms with Gasteiger partial charge in [0.25, 0.3) is 0 Å². The third-order valence-corrected chi connectivity index (χ3v) is 12.6. The molecule has 0 bridgehead atoms. The van der Waals surface area contributed by atoms with Crippen LogP contribution in [-0.2, 0) is 28.9 Å². The molecular weight excluding hydrogens is 815 g/mol. The molecule has 0 aromatic carbocycles. The Balaban J connectivity index is 2.46. The first-order valence-electron chi connectivity index (χ1n) is 25.2. The van der Waals surface area contributed by atoms with Crippen LogP contribution in [0.25, 0.3) is 0 Å². The van der Waals surface area contributed by atoms with E-state index in [1.54, 1.807) is 0 Å². The fourth-order valence-corrected chi connectivity index (χ4v) is 8.68. The molecule has 1 aliphatic heterocycles. The predicted molar refractivity (Wildman–Crippen MR) is 247 cm³/mol. The Bertz CT molecular complexity index is 1180. The molecule has 1 aliphatic rings. The Morgan fingerprint density at radius 3 is 1.45 bits per heavy atom. The molecule has 8 atom stereocenters. The number of carbonyl (C=O) groups is 1. The van der Waals surface area contributed by atoms with E-state index in [1.807, 2.05) is 6.08 Å². The van der Waals surface area contributed by atoms with Crippen LogP contribution in [-0.4, -0.2) is 107 Å². The molecule has 368 valence electrons. The number of aliphatic hydroxyl groups is 5. The summed E-state index contributed by atoms with van der Waals surface area (Å²) in [5.41, 5.74) is 0. The minimum Gasteiger partial charge on any atom is -0.394 e. The number of allylic oxidation sites excluding steroid dienone is 1. The van der Waals surface area contributed by atoms with Crippen molar-refractivity contribution in [2.45, 2.75) is 275 Å². The van der Waals surface area contributed by atoms with Gasteiger partial charge in [-0.15, -0.1) is 0 Å². The zero-order valence-corrected chi connectivity index (χ0v) is 39.9. The minimum absolute atomic E-state index is 0.248. The number of unbranched alkanes of at least 4 members (excludes halogenated alkanes) is 30. The number of rotatable bonds is 43. The molecular formula is C48H93NO12S. The van der Waals surface area contributed by atoms with E-state index in [2.05, 4.69) is 23.3 Å². The second-order valence-electron chi connectivity index (χ2n) is 17.9. The van der Waals surface area contributed by atoms with E-state index in [9.17, 15) is 43.3 Å². The molecule has 13 nitrogen and oxygen atoms in total. The van der Waals surface area contributed by atoms with Crippen molar-refractivity contribution in [3.8, 4) is 0 Å². The van der Waals surface area contributed by atoms with Gasteiger partial charge < -0.3 is 40.3 Å². The van der Waals surface area contributed by atoms with E-state index in [0.29, 0.717) is 12.8 Å². The average molecular weight is 908 g/mol. The molecule has 0 aromatic heterocycles. The van der Waals surface area contributed by atoms with Crippen LogP contribution in [0, 0.1) is 0 Å². The van der Waals surface area contributed by atoms with Crippen LogP contribution in [0.1, 0.15) is 226 Å². The molecule has 1 heterocycles. The third kappa shape index (κ3) is 30.8. The van der Waals surface area contributed by atoms with E-state index in [0.717, 1.165) is 38.5 Å². The van der Waals surface area contributed by atoms with Gasteiger partial charge >= 0.3 is 10.4 Å². The lowest BCUT2D eigenvalue weighted by atomic mass is 9.99. The standard InChI is InChI=1S/C48H93NO12S/c1-3-5-7-9-11-13-15-17-18-19-20-21-22-23-24-25-27-29-31-33-35-37-42(52)47(55)49-40(41(51)36-34-32-30-28-26-16-14-12-10-8-6-4-2)39-59-48-45(54)46(61-62(56,57)58)44(53)43(38-50)60-48/h34,36,40-46,48,50-54H,3-33,35,37-39H2,1-2H3,(H,49,55)(H,56,57,58)/b36-34+. The highest BCUT2D eigenvalue weighted by Crippen LogP contribution is 2.26. The summed E-state index contributed by atoms with van der Waals surface area (Å²) in [6.07, 6.45) is 31.6. The molecule has 8 unspecified atom stereocenters. The van der Waals surface area contributed by atoms with Gasteiger partial charge in [-0.3, -0.25) is 9.35 Å². The lowest BCUT2D eigenvalue weighted by Gasteiger charge is -2.41. The first-order valence-corrected chi connectivity index (χ1v) is 26.5. The summed E-state index contributed by atoms with van der Waals surface area (Å²) in [6, 6.07) is -1.11. The molecule has 7 N–H and O–H groups in total. The van der Waals surface area contributed by atoms with E-state index < -0.39 is 78.5 Å². The first kappa shape index (κ1) is 58.8. The van der Waals surface area contributed by atoms with Crippen molar-refractivity contribution in [1.29, 1.82) is 0 Å². The van der Waals surface area contributed by atoms with E-state index >= 15 is 0 Å². The van der Waals surface area contributed by atoms with Gasteiger partial charge in [-0.1, -0.05) is 219 Å². The third-order valence-electron chi connectivity index (χ3n) is 12.2. The van der Waals surface area contributed by atoms with E-state index in [4.69, 9.17) is 9.47 Å². The van der Waals surface area contributed by atoms with Gasteiger partial charge in [-0.05, 0) is 19.3 Å². The van der Waals surface area contributed by atoms with Crippen LogP contribution in [0.4, 0.5) is 0 Å². The maximum atomic E-state index is 13.1. The van der Waals surface area contributed by atoms with Gasteiger partial charge in [0.2, 0.25) is 5.91 Å². The molecule has 1 saturated heterocycles. The highest BCUT2D eigenvalue weighted by molar-refractivity contribution is 7.80. The van der Waals surface area contributed by atoms with Gasteiger partial charge in [0.1, 0.15) is 30.5 Å². The topological polar surface area (TPSA) is 212 Å². The van der Waals surface area contributed by atoms with Crippen molar-refractivity contribution in [2.24, 2.45) is 0 Å². The van der Waals surface area contributed by atoms with Gasteiger partial charge in [0.05, 0.1) is 25.4 Å². The van der Waals surface area contributed by atoms with Crippen molar-refractivity contribution in [3.63, 3.8) is 0 Å². The number of carbonyl (C=O) groups excluding carboxylic acids is 1. The molecule has 1 fully saturated rings. The van der Waals surface area contributed by atoms with Crippen molar-refractivity contribution in [3.05, 3.63) is 12.2 Å². The van der Waals surface area contributed by atoms with Crippen LogP contribution >= 0.6 is 0 Å². The Morgan fingerprint density at radius 1 is 0.645 bits per heavy atom. The van der Waals surface area contributed by atoms with Gasteiger partial charge in [0.15, 0.2) is 6.29 Å². The zero-order valence-electron chi connectivity index (χ0n) is 39.1. The van der Waals surface area contributed by atoms with Gasteiger partial charge in [-0.2, -0.15) is 8.42 Å². The van der Waals surface area contributed by atoms with E-state index in [-0.39, 0.29) is 6.42 Å². The van der Waals surface area contributed by atoms with Crippen LogP contribution in [0.3, 0.4) is 0 Å². The SMILES string of the molecule is CCCCCCCCCCCC/C=C/C(O)C(COC1OC(CO)C(O)C(OS(=O)(=O)O)C1O)NC(=O)C(O)CCCCCCCCCCCCCCCCCCCCCCC. The van der Waals surface area contributed by atoms with Gasteiger partial charge in [0, 0.05) is 0 Å². The number of nitrogens with one attached hydrogen (secondary N) is 1. The normalized spacial score (nSPS) is 21.1. The lowest BCUT2D eigenvalue weighted by molar-refractivity contribution is -0.298. The van der Waals surface area contributed by atoms with Crippen LogP contribution in [0.2, 0.25) is 0 Å². The molecule has 1 amide bonds. The van der Waals surface area contributed by atoms with Crippen LogP contribution in [0.15, 0.2) is 12.2 Å². The molecule has 0 aromatic rings. The number of hydrogen-bond acceptors (Lipinski definition) is 11. The number of hydrogen-bond donors (Lipinski definition) is 7. The van der Waals surface area contributed by atoms with E-state index in [1.165, 1.54) is 160 Å². The smallest absolute Gasteiger partial charge is 0.394 e. The second-order valence-corrected chi connectivity index (χ2v) is 19.0. The van der Waals surface area contributed by atoms with Crippen molar-refractivity contribution < 1.29 is 57.0 Å². The molecule has 1 rings (SSSR count). The summed E-state index contributed by atoms with van der Waals surface area (Å²) in [7, 11) is -5.11. The van der Waals surface area contributed by atoms with Crippen molar-refractivity contribution >= 4 is 16.3 Å². The maximum Gasteiger partial charge on any atom is 0.397 e. The van der Waals surface area contributed by atoms with Gasteiger partial charge in [-0.25, -0.2) is 4.18 Å². The summed E-state index contributed by atoms with van der Waals surface area (Å²) in [5.74, 6) is -0.699. The predicted octanol–water partition coefficient (Wildman–Crippen LogP) is 9.31. The number of ether oxygens (including phenoxy) is 2.